The molecule has 0 aromatic carbocycles. The molecule has 2 unspecified atom stereocenters. The minimum absolute atomic E-state index is 0.763. The molecule has 2 heteroatoms. The summed E-state index contributed by atoms with van der Waals surface area (Å²) in [6.45, 7) is 8.49. The minimum Gasteiger partial charge on any atom is -0.313 e. The van der Waals surface area contributed by atoms with Crippen LogP contribution in [0.2, 0.25) is 0 Å². The van der Waals surface area contributed by atoms with Crippen LogP contribution in [-0.4, -0.2) is 36.6 Å². The van der Waals surface area contributed by atoms with Crippen LogP contribution in [0.1, 0.15) is 65.2 Å². The molecule has 1 heterocycles. The molecule has 1 aliphatic carbocycles. The van der Waals surface area contributed by atoms with Crippen molar-refractivity contribution in [2.24, 2.45) is 5.92 Å². The van der Waals surface area contributed by atoms with E-state index >= 15 is 0 Å². The predicted molar refractivity (Wildman–Crippen MR) is 78.9 cm³/mol. The summed E-state index contributed by atoms with van der Waals surface area (Å²) in [6.07, 6.45) is 11.4. The standard InChI is InChI=1S/C16H32N2/c1-3-15-10-12-18(13-11-17-15)16(4-2)14-8-6-5-7-9-14/h14-17H,3-13H2,1-2H3. The third kappa shape index (κ3) is 3.71. The number of hydrogen-bond donors (Lipinski definition) is 1. The van der Waals surface area contributed by atoms with E-state index < -0.39 is 0 Å². The molecular weight excluding hydrogens is 220 g/mol. The second-order valence-electron chi connectivity index (χ2n) is 6.26. The van der Waals surface area contributed by atoms with Gasteiger partial charge in [0.15, 0.2) is 0 Å². The molecule has 2 atom stereocenters. The lowest BCUT2D eigenvalue weighted by Crippen LogP contribution is -2.42. The average Bonchev–Trinajstić information content (AvgIpc) is 2.66. The van der Waals surface area contributed by atoms with E-state index in [2.05, 4.69) is 24.1 Å². The zero-order chi connectivity index (χ0) is 12.8. The molecule has 106 valence electrons. The van der Waals surface area contributed by atoms with Crippen molar-refractivity contribution in [1.29, 1.82) is 0 Å². The zero-order valence-corrected chi connectivity index (χ0v) is 12.5. The van der Waals surface area contributed by atoms with Crippen LogP contribution in [0.5, 0.6) is 0 Å². The van der Waals surface area contributed by atoms with Crippen LogP contribution in [-0.2, 0) is 0 Å². The van der Waals surface area contributed by atoms with Gasteiger partial charge >= 0.3 is 0 Å². The van der Waals surface area contributed by atoms with Crippen LogP contribution in [0, 0.1) is 5.92 Å². The molecule has 0 radical (unpaired) electrons. The third-order valence-corrected chi connectivity index (χ3v) is 5.17. The van der Waals surface area contributed by atoms with Crippen molar-refractivity contribution in [3.63, 3.8) is 0 Å². The Labute approximate surface area is 114 Å². The monoisotopic (exact) mass is 252 g/mol. The van der Waals surface area contributed by atoms with Gasteiger partial charge in [0.1, 0.15) is 0 Å². The molecule has 1 N–H and O–H groups in total. The number of rotatable bonds is 4. The Morgan fingerprint density at radius 2 is 1.83 bits per heavy atom. The molecule has 0 bridgehead atoms. The van der Waals surface area contributed by atoms with Gasteiger partial charge in [-0.05, 0) is 44.6 Å². The molecule has 2 nitrogen and oxygen atoms in total. The highest BCUT2D eigenvalue weighted by Crippen LogP contribution is 2.31. The molecule has 0 aromatic rings. The van der Waals surface area contributed by atoms with Gasteiger partial charge in [-0.15, -0.1) is 0 Å². The lowest BCUT2D eigenvalue weighted by molar-refractivity contribution is 0.119. The minimum atomic E-state index is 0.763. The third-order valence-electron chi connectivity index (χ3n) is 5.17. The number of nitrogens with zero attached hydrogens (tertiary/aromatic N) is 1. The van der Waals surface area contributed by atoms with Gasteiger partial charge in [0.05, 0.1) is 0 Å². The highest BCUT2D eigenvalue weighted by molar-refractivity contribution is 4.84. The lowest BCUT2D eigenvalue weighted by Gasteiger charge is -2.38. The van der Waals surface area contributed by atoms with Crippen molar-refractivity contribution in [2.75, 3.05) is 19.6 Å². The van der Waals surface area contributed by atoms with E-state index in [9.17, 15) is 0 Å². The molecule has 1 aliphatic heterocycles. The van der Waals surface area contributed by atoms with E-state index in [4.69, 9.17) is 0 Å². The highest BCUT2D eigenvalue weighted by Gasteiger charge is 2.28. The van der Waals surface area contributed by atoms with Gasteiger partial charge in [0.2, 0.25) is 0 Å². The Morgan fingerprint density at radius 1 is 1.06 bits per heavy atom. The summed E-state index contributed by atoms with van der Waals surface area (Å²) in [7, 11) is 0. The molecule has 0 amide bonds. The second-order valence-corrected chi connectivity index (χ2v) is 6.26. The molecule has 2 fully saturated rings. The molecule has 18 heavy (non-hydrogen) atoms. The van der Waals surface area contributed by atoms with E-state index in [1.165, 1.54) is 71.0 Å². The van der Waals surface area contributed by atoms with E-state index in [1.54, 1.807) is 0 Å². The van der Waals surface area contributed by atoms with E-state index in [0.29, 0.717) is 0 Å². The first-order chi connectivity index (χ1) is 8.85. The van der Waals surface area contributed by atoms with Gasteiger partial charge in [-0.1, -0.05) is 33.1 Å². The summed E-state index contributed by atoms with van der Waals surface area (Å²) in [5, 5.41) is 3.70. The maximum absolute atomic E-state index is 3.70. The molecule has 2 aliphatic rings. The summed E-state index contributed by atoms with van der Waals surface area (Å²) >= 11 is 0. The molecule has 1 saturated heterocycles. The first-order valence-corrected chi connectivity index (χ1v) is 8.32. The highest BCUT2D eigenvalue weighted by atomic mass is 15.2. The Morgan fingerprint density at radius 3 is 2.50 bits per heavy atom. The summed E-state index contributed by atoms with van der Waals surface area (Å²) in [5.41, 5.74) is 0. The fraction of sp³-hybridized carbons (Fsp3) is 1.00. The van der Waals surface area contributed by atoms with Crippen molar-refractivity contribution < 1.29 is 0 Å². The molecule has 0 spiro atoms. The molecule has 2 rings (SSSR count). The van der Waals surface area contributed by atoms with Crippen molar-refractivity contribution in [2.45, 2.75) is 77.3 Å². The van der Waals surface area contributed by atoms with Crippen molar-refractivity contribution in [1.82, 2.24) is 10.2 Å². The normalized spacial score (nSPS) is 30.0. The van der Waals surface area contributed by atoms with E-state index in [-0.39, 0.29) is 0 Å². The number of nitrogens with one attached hydrogen (secondary N) is 1. The zero-order valence-electron chi connectivity index (χ0n) is 12.5. The average molecular weight is 252 g/mol. The van der Waals surface area contributed by atoms with Gasteiger partial charge in [0.25, 0.3) is 0 Å². The maximum Gasteiger partial charge on any atom is 0.0121 e. The van der Waals surface area contributed by atoms with Crippen molar-refractivity contribution >= 4 is 0 Å². The Bertz CT molecular complexity index is 223. The first-order valence-electron chi connectivity index (χ1n) is 8.32. The van der Waals surface area contributed by atoms with Crippen LogP contribution in [0.3, 0.4) is 0 Å². The van der Waals surface area contributed by atoms with Crippen molar-refractivity contribution in [3.8, 4) is 0 Å². The van der Waals surface area contributed by atoms with Gasteiger partial charge in [-0.3, -0.25) is 4.90 Å². The summed E-state index contributed by atoms with van der Waals surface area (Å²) in [5.74, 6) is 0.988. The largest absolute Gasteiger partial charge is 0.313 e. The summed E-state index contributed by atoms with van der Waals surface area (Å²) in [6, 6.07) is 1.63. The van der Waals surface area contributed by atoms with Crippen molar-refractivity contribution in [3.05, 3.63) is 0 Å². The number of hydrogen-bond acceptors (Lipinski definition) is 2. The fourth-order valence-corrected chi connectivity index (χ4v) is 4.04. The van der Waals surface area contributed by atoms with Crippen LogP contribution in [0.15, 0.2) is 0 Å². The smallest absolute Gasteiger partial charge is 0.0121 e. The summed E-state index contributed by atoms with van der Waals surface area (Å²) < 4.78 is 0. The van der Waals surface area contributed by atoms with Gasteiger partial charge in [0, 0.05) is 25.2 Å². The second kappa shape index (κ2) is 7.49. The predicted octanol–water partition coefficient (Wildman–Crippen LogP) is 3.42. The van der Waals surface area contributed by atoms with Gasteiger partial charge in [-0.25, -0.2) is 0 Å². The van der Waals surface area contributed by atoms with Crippen LogP contribution >= 0.6 is 0 Å². The maximum atomic E-state index is 3.70. The quantitative estimate of drug-likeness (QED) is 0.825. The lowest BCUT2D eigenvalue weighted by atomic mass is 9.82. The Balaban J connectivity index is 1.90. The van der Waals surface area contributed by atoms with Gasteiger partial charge < -0.3 is 5.32 Å². The van der Waals surface area contributed by atoms with E-state index in [0.717, 1.165) is 18.0 Å². The topological polar surface area (TPSA) is 15.3 Å². The van der Waals surface area contributed by atoms with Crippen LogP contribution in [0.25, 0.3) is 0 Å². The Hall–Kier alpha value is -0.0800. The molecule has 1 saturated carbocycles. The van der Waals surface area contributed by atoms with Crippen LogP contribution < -0.4 is 5.32 Å². The fourth-order valence-electron chi connectivity index (χ4n) is 4.04. The Kier molecular flexibility index (Phi) is 5.97. The van der Waals surface area contributed by atoms with Crippen LogP contribution in [0.4, 0.5) is 0 Å². The van der Waals surface area contributed by atoms with Gasteiger partial charge in [-0.2, -0.15) is 0 Å². The first kappa shape index (κ1) is 14.3. The molecular formula is C16H32N2. The summed E-state index contributed by atoms with van der Waals surface area (Å²) in [4.78, 5) is 2.80. The molecule has 0 aromatic heterocycles. The SMILES string of the molecule is CCC1CCN(C(CC)C2CCCCC2)CCN1. The van der Waals surface area contributed by atoms with E-state index in [1.807, 2.05) is 0 Å².